The van der Waals surface area contributed by atoms with Gasteiger partial charge in [-0.2, -0.15) is 18.3 Å². The summed E-state index contributed by atoms with van der Waals surface area (Å²) < 4.78 is 39.0. The van der Waals surface area contributed by atoms with Crippen molar-refractivity contribution < 1.29 is 23.1 Å². The first-order valence-corrected chi connectivity index (χ1v) is 6.17. The van der Waals surface area contributed by atoms with E-state index >= 15 is 0 Å². The molecule has 8 heteroatoms. The van der Waals surface area contributed by atoms with Crippen molar-refractivity contribution in [3.63, 3.8) is 0 Å². The zero-order chi connectivity index (χ0) is 15.1. The lowest BCUT2D eigenvalue weighted by Gasteiger charge is -2.08. The van der Waals surface area contributed by atoms with E-state index < -0.39 is 17.7 Å². The van der Waals surface area contributed by atoms with Gasteiger partial charge in [-0.25, -0.2) is 9.48 Å². The quantitative estimate of drug-likeness (QED) is 0.900. The van der Waals surface area contributed by atoms with Crippen LogP contribution < -0.4 is 0 Å². The van der Waals surface area contributed by atoms with E-state index in [9.17, 15) is 18.0 Å². The summed E-state index contributed by atoms with van der Waals surface area (Å²) in [6.07, 6.45) is -4.41. The molecule has 0 fully saturated rings. The van der Waals surface area contributed by atoms with Gasteiger partial charge in [-0.3, -0.25) is 0 Å². The molecule has 0 spiro atoms. The Morgan fingerprint density at radius 1 is 1.30 bits per heavy atom. The lowest BCUT2D eigenvalue weighted by atomic mass is 10.2. The summed E-state index contributed by atoms with van der Waals surface area (Å²) in [5.74, 6) is -1.22. The van der Waals surface area contributed by atoms with Crippen LogP contribution in [-0.4, -0.2) is 20.9 Å². The Kier molecular flexibility index (Phi) is 3.59. The summed E-state index contributed by atoms with van der Waals surface area (Å²) in [7, 11) is 0. The number of carboxylic acid groups (broad SMARTS) is 1. The highest BCUT2D eigenvalue weighted by atomic mass is 79.9. The number of benzene rings is 1. The van der Waals surface area contributed by atoms with Crippen molar-refractivity contribution in [1.82, 2.24) is 9.78 Å². The molecule has 2 aromatic rings. The largest absolute Gasteiger partial charge is 0.476 e. The van der Waals surface area contributed by atoms with E-state index in [-0.39, 0.29) is 5.69 Å². The van der Waals surface area contributed by atoms with Gasteiger partial charge in [-0.1, -0.05) is 0 Å². The van der Waals surface area contributed by atoms with Crippen LogP contribution in [0.25, 0.3) is 5.69 Å². The maximum Gasteiger partial charge on any atom is 0.416 e. The van der Waals surface area contributed by atoms with Crippen LogP contribution in [0.4, 0.5) is 13.2 Å². The van der Waals surface area contributed by atoms with Crippen molar-refractivity contribution in [2.75, 3.05) is 0 Å². The maximum absolute atomic E-state index is 12.5. The molecule has 0 radical (unpaired) electrons. The number of aromatic nitrogens is 2. The fourth-order valence-corrected chi connectivity index (χ4v) is 2.08. The number of aromatic carboxylic acids is 1. The van der Waals surface area contributed by atoms with Crippen LogP contribution in [0.15, 0.2) is 28.7 Å². The van der Waals surface area contributed by atoms with Crippen molar-refractivity contribution in [3.05, 3.63) is 45.7 Å². The highest BCUT2D eigenvalue weighted by molar-refractivity contribution is 9.10. The van der Waals surface area contributed by atoms with Gasteiger partial charge in [-0.15, -0.1) is 0 Å². The average molecular weight is 349 g/mol. The molecule has 1 heterocycles. The highest BCUT2D eigenvalue weighted by Crippen LogP contribution is 2.30. The first-order chi connectivity index (χ1) is 9.21. The van der Waals surface area contributed by atoms with E-state index in [0.29, 0.717) is 15.9 Å². The predicted octanol–water partition coefficient (Wildman–Crippen LogP) is 3.66. The van der Waals surface area contributed by atoms with Crippen LogP contribution in [-0.2, 0) is 6.18 Å². The van der Waals surface area contributed by atoms with Gasteiger partial charge in [0.25, 0.3) is 0 Å². The standard InChI is InChI=1S/C12H8BrF3N2O2/c1-6-9(13)10(11(19)20)17-18(6)8-4-2-7(3-5-8)12(14,15)16/h2-5H,1H3,(H,19,20). The molecule has 0 atom stereocenters. The lowest BCUT2D eigenvalue weighted by molar-refractivity contribution is -0.137. The molecule has 0 unspecified atom stereocenters. The number of carboxylic acids is 1. The number of hydrogen-bond donors (Lipinski definition) is 1. The van der Waals surface area contributed by atoms with E-state index in [1.807, 2.05) is 0 Å². The fourth-order valence-electron chi connectivity index (χ4n) is 1.66. The van der Waals surface area contributed by atoms with Gasteiger partial charge in [0.15, 0.2) is 5.69 Å². The summed E-state index contributed by atoms with van der Waals surface area (Å²) >= 11 is 3.10. The van der Waals surface area contributed by atoms with E-state index in [1.54, 1.807) is 6.92 Å². The molecule has 0 aliphatic carbocycles. The number of nitrogens with zero attached hydrogens (tertiary/aromatic N) is 2. The fraction of sp³-hybridized carbons (Fsp3) is 0.167. The molecule has 0 bridgehead atoms. The van der Waals surface area contributed by atoms with Gasteiger partial charge < -0.3 is 5.11 Å². The Morgan fingerprint density at radius 3 is 2.25 bits per heavy atom. The maximum atomic E-state index is 12.5. The predicted molar refractivity (Wildman–Crippen MR) is 68.0 cm³/mol. The highest BCUT2D eigenvalue weighted by Gasteiger charge is 2.30. The minimum Gasteiger partial charge on any atom is -0.476 e. The van der Waals surface area contributed by atoms with E-state index in [0.717, 1.165) is 12.1 Å². The van der Waals surface area contributed by atoms with Gasteiger partial charge in [0, 0.05) is 0 Å². The van der Waals surface area contributed by atoms with Crippen LogP contribution in [0, 0.1) is 6.92 Å². The van der Waals surface area contributed by atoms with Gasteiger partial charge in [-0.05, 0) is 47.1 Å². The second-order valence-electron chi connectivity index (χ2n) is 4.01. The molecule has 1 N–H and O–H groups in total. The molecule has 0 aliphatic heterocycles. The smallest absolute Gasteiger partial charge is 0.416 e. The molecule has 1 aromatic carbocycles. The Labute approximate surface area is 120 Å². The molecule has 0 amide bonds. The second kappa shape index (κ2) is 4.93. The van der Waals surface area contributed by atoms with Crippen LogP contribution in [0.2, 0.25) is 0 Å². The third kappa shape index (κ3) is 2.55. The number of carbonyl (C=O) groups is 1. The molecular weight excluding hydrogens is 341 g/mol. The Balaban J connectivity index is 2.47. The van der Waals surface area contributed by atoms with Crippen LogP contribution in [0.1, 0.15) is 21.7 Å². The molecule has 0 saturated carbocycles. The average Bonchev–Trinajstić information content (AvgIpc) is 2.66. The Bertz CT molecular complexity index is 663. The minimum absolute atomic E-state index is 0.192. The summed E-state index contributed by atoms with van der Waals surface area (Å²) in [5, 5.41) is 12.8. The number of hydrogen-bond acceptors (Lipinski definition) is 2. The molecule has 0 aliphatic rings. The summed E-state index contributed by atoms with van der Waals surface area (Å²) in [6.45, 7) is 1.61. The third-order valence-electron chi connectivity index (χ3n) is 2.69. The lowest BCUT2D eigenvalue weighted by Crippen LogP contribution is -2.06. The number of rotatable bonds is 2. The van der Waals surface area contributed by atoms with Crippen molar-refractivity contribution in [1.29, 1.82) is 0 Å². The van der Waals surface area contributed by atoms with Gasteiger partial charge in [0.05, 0.1) is 21.4 Å². The topological polar surface area (TPSA) is 55.1 Å². The van der Waals surface area contributed by atoms with Crippen molar-refractivity contribution in [3.8, 4) is 5.69 Å². The van der Waals surface area contributed by atoms with Gasteiger partial charge in [0.2, 0.25) is 0 Å². The second-order valence-corrected chi connectivity index (χ2v) is 4.80. The minimum atomic E-state index is -4.41. The molecule has 2 rings (SSSR count). The molecule has 0 saturated heterocycles. The van der Waals surface area contributed by atoms with Crippen molar-refractivity contribution >= 4 is 21.9 Å². The number of alkyl halides is 3. The third-order valence-corrected chi connectivity index (χ3v) is 3.63. The monoisotopic (exact) mass is 348 g/mol. The van der Waals surface area contributed by atoms with Crippen molar-refractivity contribution in [2.24, 2.45) is 0 Å². The first-order valence-electron chi connectivity index (χ1n) is 5.38. The summed E-state index contributed by atoms with van der Waals surface area (Å²) in [6, 6.07) is 4.32. The summed E-state index contributed by atoms with van der Waals surface area (Å²) in [4.78, 5) is 10.9. The van der Waals surface area contributed by atoms with Gasteiger partial charge >= 0.3 is 12.1 Å². The molecule has 4 nitrogen and oxygen atoms in total. The Morgan fingerprint density at radius 2 is 1.85 bits per heavy atom. The number of halogens is 4. The Hall–Kier alpha value is -1.83. The molecule has 106 valence electrons. The van der Waals surface area contributed by atoms with Crippen LogP contribution >= 0.6 is 15.9 Å². The molecular formula is C12H8BrF3N2O2. The van der Waals surface area contributed by atoms with E-state index in [1.165, 1.54) is 16.8 Å². The van der Waals surface area contributed by atoms with Crippen molar-refractivity contribution in [2.45, 2.75) is 13.1 Å². The first kappa shape index (κ1) is 14.6. The van der Waals surface area contributed by atoms with E-state index in [4.69, 9.17) is 5.11 Å². The normalized spacial score (nSPS) is 11.7. The SMILES string of the molecule is Cc1c(Br)c(C(=O)O)nn1-c1ccc(C(F)(F)F)cc1. The van der Waals surface area contributed by atoms with E-state index in [2.05, 4.69) is 21.0 Å². The summed E-state index contributed by atoms with van der Waals surface area (Å²) in [5.41, 5.74) is -0.128. The molecule has 1 aromatic heterocycles. The zero-order valence-corrected chi connectivity index (χ0v) is 11.7. The van der Waals surface area contributed by atoms with Crippen LogP contribution in [0.3, 0.4) is 0 Å². The molecule has 20 heavy (non-hydrogen) atoms. The van der Waals surface area contributed by atoms with Gasteiger partial charge in [0.1, 0.15) is 0 Å². The van der Waals surface area contributed by atoms with Crippen LogP contribution in [0.5, 0.6) is 0 Å². The zero-order valence-electron chi connectivity index (χ0n) is 10.1.